The summed E-state index contributed by atoms with van der Waals surface area (Å²) in [6.07, 6.45) is 1.69. The van der Waals surface area contributed by atoms with E-state index < -0.39 is 0 Å². The molecule has 0 spiro atoms. The van der Waals surface area contributed by atoms with Crippen molar-refractivity contribution in [2.45, 2.75) is 12.8 Å². The summed E-state index contributed by atoms with van der Waals surface area (Å²) in [5.41, 5.74) is 4.97. The van der Waals surface area contributed by atoms with Crippen molar-refractivity contribution < 1.29 is 8.78 Å². The standard InChI is InChI=1S/C17H14F2/c1-3-4-13-5-10-17(19)16(11-13)12(2)14-6-8-15(18)9-7-14/h4-12H,1H2,2H3. The van der Waals surface area contributed by atoms with Crippen molar-refractivity contribution in [1.82, 2.24) is 0 Å². The van der Waals surface area contributed by atoms with Crippen LogP contribution in [0.5, 0.6) is 0 Å². The quantitative estimate of drug-likeness (QED) is 0.684. The Hall–Kier alpha value is -2.18. The minimum absolute atomic E-state index is 0.140. The van der Waals surface area contributed by atoms with E-state index in [2.05, 4.69) is 12.3 Å². The lowest BCUT2D eigenvalue weighted by atomic mass is 9.91. The van der Waals surface area contributed by atoms with Gasteiger partial charge in [0.2, 0.25) is 0 Å². The Bertz CT molecular complexity index is 620. The highest BCUT2D eigenvalue weighted by atomic mass is 19.1. The summed E-state index contributed by atoms with van der Waals surface area (Å²) in [6, 6.07) is 11.0. The maximum atomic E-state index is 13.9. The first-order chi connectivity index (χ1) is 9.11. The van der Waals surface area contributed by atoms with Crippen molar-refractivity contribution in [2.24, 2.45) is 0 Å². The number of halogens is 2. The molecule has 2 rings (SSSR count). The minimum Gasteiger partial charge on any atom is -0.207 e. The Balaban J connectivity index is 2.42. The lowest BCUT2D eigenvalue weighted by Crippen LogP contribution is -2.00. The normalized spacial score (nSPS) is 11.7. The van der Waals surface area contributed by atoms with Crippen LogP contribution in [0.1, 0.15) is 29.5 Å². The van der Waals surface area contributed by atoms with E-state index in [0.717, 1.165) is 11.1 Å². The maximum absolute atomic E-state index is 13.9. The van der Waals surface area contributed by atoms with Gasteiger partial charge in [-0.2, -0.15) is 0 Å². The van der Waals surface area contributed by atoms with Crippen LogP contribution in [0.3, 0.4) is 0 Å². The second-order valence-corrected chi connectivity index (χ2v) is 4.40. The first kappa shape index (κ1) is 13.3. The smallest absolute Gasteiger partial charge is 0.127 e. The predicted molar refractivity (Wildman–Crippen MR) is 73.9 cm³/mol. The lowest BCUT2D eigenvalue weighted by Gasteiger charge is -2.14. The molecule has 0 aliphatic heterocycles. The van der Waals surface area contributed by atoms with E-state index in [1.807, 2.05) is 6.92 Å². The van der Waals surface area contributed by atoms with Crippen LogP contribution in [0.4, 0.5) is 8.78 Å². The van der Waals surface area contributed by atoms with Crippen LogP contribution >= 0.6 is 0 Å². The molecule has 0 aliphatic carbocycles. The van der Waals surface area contributed by atoms with E-state index in [1.165, 1.54) is 18.2 Å². The zero-order chi connectivity index (χ0) is 13.8. The SMILES string of the molecule is C=C=Cc1ccc(F)c(C(C)c2ccc(F)cc2)c1. The third-order valence-electron chi connectivity index (χ3n) is 3.13. The van der Waals surface area contributed by atoms with E-state index in [-0.39, 0.29) is 17.6 Å². The number of benzene rings is 2. The third-order valence-corrected chi connectivity index (χ3v) is 3.13. The first-order valence-corrected chi connectivity index (χ1v) is 6.02. The summed E-state index contributed by atoms with van der Waals surface area (Å²) in [7, 11) is 0. The molecule has 0 amide bonds. The maximum Gasteiger partial charge on any atom is 0.127 e. The molecule has 2 aromatic carbocycles. The summed E-state index contributed by atoms with van der Waals surface area (Å²) >= 11 is 0. The van der Waals surface area contributed by atoms with Crippen LogP contribution in [0.25, 0.3) is 6.08 Å². The molecular weight excluding hydrogens is 242 g/mol. The Kier molecular flexibility index (Phi) is 3.94. The molecule has 2 heteroatoms. The molecular formula is C17H14F2. The summed E-state index contributed by atoms with van der Waals surface area (Å²) in [4.78, 5) is 0. The molecule has 0 aromatic heterocycles. The average molecular weight is 256 g/mol. The molecule has 0 heterocycles. The molecule has 0 aliphatic rings. The van der Waals surface area contributed by atoms with Gasteiger partial charge >= 0.3 is 0 Å². The third kappa shape index (κ3) is 2.98. The van der Waals surface area contributed by atoms with Gasteiger partial charge in [-0.25, -0.2) is 8.78 Å². The Morgan fingerprint density at radius 3 is 2.42 bits per heavy atom. The van der Waals surface area contributed by atoms with Gasteiger partial charge in [-0.3, -0.25) is 0 Å². The minimum atomic E-state index is -0.292. The highest BCUT2D eigenvalue weighted by molar-refractivity contribution is 5.51. The molecule has 0 fully saturated rings. The fourth-order valence-electron chi connectivity index (χ4n) is 2.03. The summed E-state index contributed by atoms with van der Waals surface area (Å²) < 4.78 is 26.8. The molecule has 0 nitrogen and oxygen atoms in total. The topological polar surface area (TPSA) is 0 Å². The van der Waals surface area contributed by atoms with Gasteiger partial charge in [0, 0.05) is 5.92 Å². The second-order valence-electron chi connectivity index (χ2n) is 4.40. The van der Waals surface area contributed by atoms with Gasteiger partial charge in [-0.15, -0.1) is 5.73 Å². The molecule has 0 bridgehead atoms. The van der Waals surface area contributed by atoms with Crippen molar-refractivity contribution >= 4 is 6.08 Å². The zero-order valence-electron chi connectivity index (χ0n) is 10.7. The highest BCUT2D eigenvalue weighted by Gasteiger charge is 2.13. The molecule has 2 aromatic rings. The van der Waals surface area contributed by atoms with Gasteiger partial charge in [-0.1, -0.05) is 31.7 Å². The zero-order valence-corrected chi connectivity index (χ0v) is 10.7. The summed E-state index contributed by atoms with van der Waals surface area (Å²) in [5.74, 6) is -0.698. The highest BCUT2D eigenvalue weighted by Crippen LogP contribution is 2.27. The fraction of sp³-hybridized carbons (Fsp3) is 0.118. The van der Waals surface area contributed by atoms with E-state index in [4.69, 9.17) is 0 Å². The molecule has 0 radical (unpaired) electrons. The Morgan fingerprint density at radius 2 is 1.79 bits per heavy atom. The van der Waals surface area contributed by atoms with E-state index in [9.17, 15) is 8.78 Å². The largest absolute Gasteiger partial charge is 0.207 e. The molecule has 0 saturated carbocycles. The molecule has 19 heavy (non-hydrogen) atoms. The van der Waals surface area contributed by atoms with Crippen LogP contribution < -0.4 is 0 Å². The molecule has 96 valence electrons. The molecule has 0 N–H and O–H groups in total. The monoisotopic (exact) mass is 256 g/mol. The van der Waals surface area contributed by atoms with Crippen LogP contribution in [-0.2, 0) is 0 Å². The van der Waals surface area contributed by atoms with E-state index in [1.54, 1.807) is 30.3 Å². The van der Waals surface area contributed by atoms with Gasteiger partial charge < -0.3 is 0 Å². The summed E-state index contributed by atoms with van der Waals surface area (Å²) in [6.45, 7) is 5.40. The fourth-order valence-corrected chi connectivity index (χ4v) is 2.03. The van der Waals surface area contributed by atoms with Crippen molar-refractivity contribution in [3.8, 4) is 0 Å². The van der Waals surface area contributed by atoms with Gasteiger partial charge in [0.25, 0.3) is 0 Å². The first-order valence-electron chi connectivity index (χ1n) is 6.02. The van der Waals surface area contributed by atoms with Gasteiger partial charge in [0.05, 0.1) is 0 Å². The van der Waals surface area contributed by atoms with E-state index in [0.29, 0.717) is 5.56 Å². The number of rotatable bonds is 3. The van der Waals surface area contributed by atoms with E-state index >= 15 is 0 Å². The van der Waals surface area contributed by atoms with Crippen LogP contribution in [-0.4, -0.2) is 0 Å². The van der Waals surface area contributed by atoms with Crippen LogP contribution in [0.15, 0.2) is 54.8 Å². The van der Waals surface area contributed by atoms with Crippen LogP contribution in [0.2, 0.25) is 0 Å². The Morgan fingerprint density at radius 1 is 1.11 bits per heavy atom. The van der Waals surface area contributed by atoms with Gasteiger partial charge in [0.15, 0.2) is 0 Å². The van der Waals surface area contributed by atoms with Crippen molar-refractivity contribution in [2.75, 3.05) is 0 Å². The Labute approximate surface area is 111 Å². The van der Waals surface area contributed by atoms with Crippen molar-refractivity contribution in [1.29, 1.82) is 0 Å². The molecule has 0 saturated heterocycles. The van der Waals surface area contributed by atoms with Crippen LogP contribution in [0, 0.1) is 11.6 Å². The van der Waals surface area contributed by atoms with Gasteiger partial charge in [0.1, 0.15) is 11.6 Å². The summed E-state index contributed by atoms with van der Waals surface area (Å²) in [5, 5.41) is 0. The second kappa shape index (κ2) is 5.64. The predicted octanol–water partition coefficient (Wildman–Crippen LogP) is 4.91. The van der Waals surface area contributed by atoms with Crippen molar-refractivity contribution in [3.05, 3.63) is 83.1 Å². The molecule has 1 atom stereocenters. The lowest BCUT2D eigenvalue weighted by molar-refractivity contribution is 0.602. The average Bonchev–Trinajstić information content (AvgIpc) is 2.41. The molecule has 1 unspecified atom stereocenters. The number of hydrogen-bond acceptors (Lipinski definition) is 0. The van der Waals surface area contributed by atoms with Crippen molar-refractivity contribution in [3.63, 3.8) is 0 Å². The number of hydrogen-bond donors (Lipinski definition) is 0. The van der Waals surface area contributed by atoms with Gasteiger partial charge in [-0.05, 0) is 47.0 Å².